The van der Waals surface area contributed by atoms with E-state index in [1.54, 1.807) is 18.2 Å². The molecule has 0 aromatic heterocycles. The number of rotatable bonds is 8. The van der Waals surface area contributed by atoms with Gasteiger partial charge in [-0.05, 0) is 31.0 Å². The van der Waals surface area contributed by atoms with Gasteiger partial charge in [-0.25, -0.2) is 0 Å². The Morgan fingerprint density at radius 3 is 2.46 bits per heavy atom. The highest BCUT2D eigenvalue weighted by molar-refractivity contribution is 5.94. The molecule has 2 aromatic carbocycles. The van der Waals surface area contributed by atoms with Crippen LogP contribution in [0.2, 0.25) is 0 Å². The molecule has 0 unspecified atom stereocenters. The number of carbonyl (C=O) groups is 2. The van der Waals surface area contributed by atoms with Crippen LogP contribution in [0.1, 0.15) is 18.9 Å². The molecule has 0 aliphatic rings. The molecule has 5 nitrogen and oxygen atoms in total. The molecular weight excluding hydrogens is 306 g/mol. The second kappa shape index (κ2) is 9.35. The zero-order chi connectivity index (χ0) is 17.2. The summed E-state index contributed by atoms with van der Waals surface area (Å²) >= 11 is 0. The number of hydrogen-bond acceptors (Lipinski definition) is 4. The highest BCUT2D eigenvalue weighted by Gasteiger charge is 2.10. The van der Waals surface area contributed by atoms with E-state index >= 15 is 0 Å². The number of benzene rings is 2. The fraction of sp³-hybridized carbons (Fsp3) is 0.263. The Hall–Kier alpha value is -2.82. The van der Waals surface area contributed by atoms with Gasteiger partial charge in [-0.2, -0.15) is 0 Å². The minimum atomic E-state index is -0.396. The molecule has 24 heavy (non-hydrogen) atoms. The maximum absolute atomic E-state index is 11.9. The van der Waals surface area contributed by atoms with Crippen molar-refractivity contribution in [2.24, 2.45) is 0 Å². The van der Waals surface area contributed by atoms with E-state index in [0.29, 0.717) is 24.5 Å². The van der Waals surface area contributed by atoms with Crippen LogP contribution < -0.4 is 10.1 Å². The first kappa shape index (κ1) is 17.5. The summed E-state index contributed by atoms with van der Waals surface area (Å²) in [6.45, 7) is 2.06. The van der Waals surface area contributed by atoms with Crippen molar-refractivity contribution in [3.63, 3.8) is 0 Å². The Bertz CT molecular complexity index is 670. The second-order valence-electron chi connectivity index (χ2n) is 5.12. The van der Waals surface area contributed by atoms with Gasteiger partial charge < -0.3 is 14.8 Å². The molecule has 1 N–H and O–H groups in total. The van der Waals surface area contributed by atoms with Crippen LogP contribution >= 0.6 is 0 Å². The van der Waals surface area contributed by atoms with Crippen LogP contribution in [0.3, 0.4) is 0 Å². The molecule has 0 saturated carbocycles. The number of para-hydroxylation sites is 2. The minimum absolute atomic E-state index is 0.243. The van der Waals surface area contributed by atoms with Crippen molar-refractivity contribution in [2.45, 2.75) is 19.8 Å². The van der Waals surface area contributed by atoms with E-state index in [1.165, 1.54) is 0 Å². The number of carbonyl (C=O) groups excluding carboxylic acids is 2. The summed E-state index contributed by atoms with van der Waals surface area (Å²) in [5.41, 5.74) is 1.62. The number of aryl methyl sites for hydroxylation is 1. The Balaban J connectivity index is 1.75. The lowest BCUT2D eigenvalue weighted by Gasteiger charge is -2.11. The number of hydrogen-bond donors (Lipinski definition) is 1. The lowest BCUT2D eigenvalue weighted by molar-refractivity contribution is -0.147. The molecule has 0 bridgehead atoms. The van der Waals surface area contributed by atoms with Gasteiger partial charge in [-0.3, -0.25) is 9.59 Å². The molecule has 2 aromatic rings. The van der Waals surface area contributed by atoms with E-state index in [0.717, 1.165) is 5.56 Å². The Morgan fingerprint density at radius 1 is 1.00 bits per heavy atom. The zero-order valence-electron chi connectivity index (χ0n) is 13.7. The van der Waals surface area contributed by atoms with Crippen LogP contribution in [0.5, 0.6) is 5.75 Å². The molecule has 0 aliphatic carbocycles. The molecule has 0 radical (unpaired) electrons. The van der Waals surface area contributed by atoms with Crippen molar-refractivity contribution in [3.05, 3.63) is 60.2 Å². The van der Waals surface area contributed by atoms with Crippen LogP contribution in [0.4, 0.5) is 5.69 Å². The predicted octanol–water partition coefficient (Wildman–Crippen LogP) is 3.20. The number of ether oxygens (including phenoxy) is 2. The highest BCUT2D eigenvalue weighted by atomic mass is 16.5. The molecule has 1 amide bonds. The summed E-state index contributed by atoms with van der Waals surface area (Å²) in [6, 6.07) is 16.8. The number of esters is 1. The van der Waals surface area contributed by atoms with Crippen LogP contribution in [-0.4, -0.2) is 25.1 Å². The van der Waals surface area contributed by atoms with Crippen LogP contribution in [-0.2, 0) is 20.7 Å². The van der Waals surface area contributed by atoms with Crippen molar-refractivity contribution in [3.8, 4) is 5.75 Å². The second-order valence-corrected chi connectivity index (χ2v) is 5.12. The number of anilines is 1. The van der Waals surface area contributed by atoms with Gasteiger partial charge in [-0.1, -0.05) is 42.5 Å². The van der Waals surface area contributed by atoms with Gasteiger partial charge in [-0.15, -0.1) is 0 Å². The Kier molecular flexibility index (Phi) is 6.83. The average molecular weight is 327 g/mol. The molecule has 0 fully saturated rings. The van der Waals surface area contributed by atoms with Crippen molar-refractivity contribution >= 4 is 17.6 Å². The standard InChI is InChI=1S/C19H21NO4/c1-2-23-17-11-7-6-10-16(17)20-18(21)14-24-19(22)13-12-15-8-4-3-5-9-15/h3-11H,2,12-14H2,1H3,(H,20,21). The fourth-order valence-corrected chi connectivity index (χ4v) is 2.15. The van der Waals surface area contributed by atoms with E-state index in [9.17, 15) is 9.59 Å². The predicted molar refractivity (Wildman–Crippen MR) is 92.0 cm³/mol. The van der Waals surface area contributed by atoms with E-state index in [4.69, 9.17) is 9.47 Å². The molecule has 0 heterocycles. The summed E-state index contributed by atoms with van der Waals surface area (Å²) in [5, 5.41) is 2.68. The van der Waals surface area contributed by atoms with Gasteiger partial charge in [0.1, 0.15) is 5.75 Å². The van der Waals surface area contributed by atoms with Crippen molar-refractivity contribution in [1.82, 2.24) is 0 Å². The molecule has 126 valence electrons. The third-order valence-electron chi connectivity index (χ3n) is 3.29. The quantitative estimate of drug-likeness (QED) is 0.756. The molecule has 0 saturated heterocycles. The average Bonchev–Trinajstić information content (AvgIpc) is 2.61. The van der Waals surface area contributed by atoms with Gasteiger partial charge in [0.2, 0.25) is 0 Å². The lowest BCUT2D eigenvalue weighted by Crippen LogP contribution is -2.21. The summed E-state index contributed by atoms with van der Waals surface area (Å²) in [6.07, 6.45) is 0.835. The SMILES string of the molecule is CCOc1ccccc1NC(=O)COC(=O)CCc1ccccc1. The largest absolute Gasteiger partial charge is 0.492 e. The number of nitrogens with one attached hydrogen (secondary N) is 1. The van der Waals surface area contributed by atoms with E-state index in [2.05, 4.69) is 5.32 Å². The minimum Gasteiger partial charge on any atom is -0.492 e. The summed E-state index contributed by atoms with van der Waals surface area (Å²) in [5.74, 6) is -0.203. The summed E-state index contributed by atoms with van der Waals surface area (Å²) in [7, 11) is 0. The van der Waals surface area contributed by atoms with Crippen molar-refractivity contribution < 1.29 is 19.1 Å². The van der Waals surface area contributed by atoms with E-state index < -0.39 is 11.9 Å². The fourth-order valence-electron chi connectivity index (χ4n) is 2.15. The first-order valence-electron chi connectivity index (χ1n) is 7.90. The molecule has 0 aliphatic heterocycles. The zero-order valence-corrected chi connectivity index (χ0v) is 13.7. The Morgan fingerprint density at radius 2 is 1.71 bits per heavy atom. The van der Waals surface area contributed by atoms with Crippen LogP contribution in [0, 0.1) is 0 Å². The van der Waals surface area contributed by atoms with E-state index in [1.807, 2.05) is 43.3 Å². The van der Waals surface area contributed by atoms with Crippen molar-refractivity contribution in [1.29, 1.82) is 0 Å². The molecule has 2 rings (SSSR count). The van der Waals surface area contributed by atoms with Gasteiger partial charge >= 0.3 is 5.97 Å². The first-order valence-corrected chi connectivity index (χ1v) is 7.90. The maximum Gasteiger partial charge on any atom is 0.306 e. The van der Waals surface area contributed by atoms with Gasteiger partial charge in [0.15, 0.2) is 6.61 Å². The molecule has 0 atom stereocenters. The monoisotopic (exact) mass is 327 g/mol. The summed E-state index contributed by atoms with van der Waals surface area (Å²) < 4.78 is 10.4. The smallest absolute Gasteiger partial charge is 0.306 e. The Labute approximate surface area is 141 Å². The normalized spacial score (nSPS) is 10.0. The summed E-state index contributed by atoms with van der Waals surface area (Å²) in [4.78, 5) is 23.6. The lowest BCUT2D eigenvalue weighted by atomic mass is 10.1. The van der Waals surface area contributed by atoms with Gasteiger partial charge in [0.25, 0.3) is 5.91 Å². The van der Waals surface area contributed by atoms with E-state index in [-0.39, 0.29) is 13.0 Å². The molecule has 5 heteroatoms. The third-order valence-corrected chi connectivity index (χ3v) is 3.29. The van der Waals surface area contributed by atoms with Crippen molar-refractivity contribution in [2.75, 3.05) is 18.5 Å². The third kappa shape index (κ3) is 5.76. The first-order chi connectivity index (χ1) is 11.7. The number of amides is 1. The maximum atomic E-state index is 11.9. The van der Waals surface area contributed by atoms with Crippen LogP contribution in [0.15, 0.2) is 54.6 Å². The van der Waals surface area contributed by atoms with Gasteiger partial charge in [0.05, 0.1) is 12.3 Å². The van der Waals surface area contributed by atoms with Gasteiger partial charge in [0, 0.05) is 6.42 Å². The molecular formula is C19H21NO4. The van der Waals surface area contributed by atoms with Crippen LogP contribution in [0.25, 0.3) is 0 Å². The molecule has 0 spiro atoms. The topological polar surface area (TPSA) is 64.6 Å². The highest BCUT2D eigenvalue weighted by Crippen LogP contribution is 2.23.